The lowest BCUT2D eigenvalue weighted by Crippen LogP contribution is -2.52. The first kappa shape index (κ1) is 20.4. The average molecular weight is 380 g/mol. The van der Waals surface area contributed by atoms with Gasteiger partial charge in [0.15, 0.2) is 0 Å². The Morgan fingerprint density at radius 2 is 1.69 bits per heavy atom. The lowest BCUT2D eigenvalue weighted by molar-refractivity contribution is -0.136. The second kappa shape index (κ2) is 7.76. The topological polar surface area (TPSA) is 83.7 Å². The molecule has 2 aliphatic rings. The molecule has 2 unspecified atom stereocenters. The zero-order valence-electron chi connectivity index (χ0n) is 15.4. The van der Waals surface area contributed by atoms with Crippen molar-refractivity contribution in [2.75, 3.05) is 13.1 Å². The Morgan fingerprint density at radius 1 is 1.12 bits per heavy atom. The second-order valence-corrected chi connectivity index (χ2v) is 7.23. The predicted molar refractivity (Wildman–Crippen MR) is 101 cm³/mol. The fraction of sp³-hybridized carbons (Fsp3) is 0.526. The Hall–Kier alpha value is -1.92. The Bertz CT molecular complexity index is 727. The Labute approximate surface area is 160 Å². The minimum Gasteiger partial charge on any atom is -0.341 e. The summed E-state index contributed by atoms with van der Waals surface area (Å²) in [5, 5.41) is 0. The molecule has 0 bridgehead atoms. The smallest absolute Gasteiger partial charge is 0.262 e. The number of halogens is 1. The van der Waals surface area contributed by atoms with Crippen LogP contribution in [0.5, 0.6) is 0 Å². The van der Waals surface area contributed by atoms with Crippen LogP contribution in [0.25, 0.3) is 0 Å². The monoisotopic (exact) mass is 379 g/mol. The minimum atomic E-state index is -0.792. The van der Waals surface area contributed by atoms with E-state index in [0.717, 1.165) is 23.3 Å². The Morgan fingerprint density at radius 3 is 2.27 bits per heavy atom. The number of benzene rings is 1. The molecule has 26 heavy (non-hydrogen) atoms. The lowest BCUT2D eigenvalue weighted by atomic mass is 9.90. The first-order valence-corrected chi connectivity index (χ1v) is 8.84. The standard InChI is InChI=1S/C19H25N3O3.ClH/c1-11-4-5-15-16(10-11)19(25)22(18(15)24)13(3)17(23)21-8-6-14(7-9-21)12(2)20;/h4-5,10,12-14H,6-9,20H2,1-3H3;1H. The van der Waals surface area contributed by atoms with Crippen LogP contribution in [0.3, 0.4) is 0 Å². The number of likely N-dealkylation sites (tertiary alicyclic amines) is 1. The zero-order valence-corrected chi connectivity index (χ0v) is 16.2. The molecule has 0 radical (unpaired) electrons. The van der Waals surface area contributed by atoms with Gasteiger partial charge in [0.25, 0.3) is 11.8 Å². The second-order valence-electron chi connectivity index (χ2n) is 7.23. The number of hydrogen-bond acceptors (Lipinski definition) is 4. The number of nitrogens with two attached hydrogens (primary N) is 1. The van der Waals surface area contributed by atoms with E-state index < -0.39 is 6.04 Å². The van der Waals surface area contributed by atoms with E-state index in [0.29, 0.717) is 30.1 Å². The summed E-state index contributed by atoms with van der Waals surface area (Å²) in [7, 11) is 0. The van der Waals surface area contributed by atoms with Gasteiger partial charge in [0.1, 0.15) is 6.04 Å². The largest absolute Gasteiger partial charge is 0.341 e. The lowest BCUT2D eigenvalue weighted by Gasteiger charge is -2.36. The molecule has 0 spiro atoms. The van der Waals surface area contributed by atoms with Gasteiger partial charge < -0.3 is 10.6 Å². The summed E-state index contributed by atoms with van der Waals surface area (Å²) in [5.41, 5.74) is 7.63. The van der Waals surface area contributed by atoms with Crippen molar-refractivity contribution in [1.82, 2.24) is 9.80 Å². The number of imide groups is 1. The van der Waals surface area contributed by atoms with Crippen LogP contribution in [0.4, 0.5) is 0 Å². The maximum atomic E-state index is 12.8. The van der Waals surface area contributed by atoms with Gasteiger partial charge in [0, 0.05) is 19.1 Å². The van der Waals surface area contributed by atoms with Gasteiger partial charge in [-0.3, -0.25) is 19.3 Å². The number of rotatable bonds is 3. The molecule has 1 aromatic rings. The molecule has 2 N–H and O–H groups in total. The van der Waals surface area contributed by atoms with Gasteiger partial charge in [0.05, 0.1) is 11.1 Å². The highest BCUT2D eigenvalue weighted by molar-refractivity contribution is 6.22. The summed E-state index contributed by atoms with van der Waals surface area (Å²) >= 11 is 0. The first-order chi connectivity index (χ1) is 11.8. The molecule has 1 saturated heterocycles. The molecular formula is C19H26ClN3O3. The Kier molecular flexibility index (Phi) is 6.09. The third-order valence-corrected chi connectivity index (χ3v) is 5.41. The van der Waals surface area contributed by atoms with E-state index in [1.807, 2.05) is 13.8 Å². The fourth-order valence-corrected chi connectivity index (χ4v) is 3.75. The van der Waals surface area contributed by atoms with Crippen molar-refractivity contribution in [3.8, 4) is 0 Å². The molecule has 3 amide bonds. The van der Waals surface area contributed by atoms with Crippen LogP contribution in [0.1, 0.15) is 53.0 Å². The predicted octanol–water partition coefficient (Wildman–Crippen LogP) is 1.99. The van der Waals surface area contributed by atoms with E-state index in [2.05, 4.69) is 0 Å². The third kappa shape index (κ3) is 3.48. The third-order valence-electron chi connectivity index (χ3n) is 5.41. The van der Waals surface area contributed by atoms with Crippen LogP contribution in [0, 0.1) is 12.8 Å². The number of piperidine rings is 1. The van der Waals surface area contributed by atoms with Crippen molar-refractivity contribution in [3.05, 3.63) is 34.9 Å². The molecule has 142 valence electrons. The number of hydrogen-bond donors (Lipinski definition) is 1. The van der Waals surface area contributed by atoms with Crippen molar-refractivity contribution in [1.29, 1.82) is 0 Å². The highest BCUT2D eigenvalue weighted by atomic mass is 35.5. The van der Waals surface area contributed by atoms with Crippen LogP contribution < -0.4 is 5.73 Å². The summed E-state index contributed by atoms with van der Waals surface area (Å²) in [6, 6.07) is 4.50. The molecule has 3 rings (SSSR count). The number of amides is 3. The van der Waals surface area contributed by atoms with Crippen molar-refractivity contribution < 1.29 is 14.4 Å². The van der Waals surface area contributed by atoms with E-state index in [1.165, 1.54) is 0 Å². The Balaban J connectivity index is 0.00000243. The van der Waals surface area contributed by atoms with Crippen molar-refractivity contribution >= 4 is 30.1 Å². The number of aryl methyl sites for hydroxylation is 1. The molecular weight excluding hydrogens is 354 g/mol. The molecule has 2 heterocycles. The molecule has 6 nitrogen and oxygen atoms in total. The van der Waals surface area contributed by atoms with E-state index in [-0.39, 0.29) is 36.2 Å². The summed E-state index contributed by atoms with van der Waals surface area (Å²) < 4.78 is 0. The van der Waals surface area contributed by atoms with Crippen LogP contribution in [0.15, 0.2) is 18.2 Å². The highest BCUT2D eigenvalue weighted by Crippen LogP contribution is 2.27. The van der Waals surface area contributed by atoms with Crippen LogP contribution >= 0.6 is 12.4 Å². The van der Waals surface area contributed by atoms with Gasteiger partial charge in [-0.1, -0.05) is 11.6 Å². The molecule has 1 fully saturated rings. The van der Waals surface area contributed by atoms with Crippen molar-refractivity contribution in [2.24, 2.45) is 11.7 Å². The fourth-order valence-electron chi connectivity index (χ4n) is 3.75. The maximum absolute atomic E-state index is 12.8. The molecule has 0 aliphatic carbocycles. The van der Waals surface area contributed by atoms with E-state index in [4.69, 9.17) is 5.73 Å². The molecule has 2 aliphatic heterocycles. The molecule has 0 saturated carbocycles. The van der Waals surface area contributed by atoms with Gasteiger partial charge in [-0.25, -0.2) is 0 Å². The highest BCUT2D eigenvalue weighted by Gasteiger charge is 2.42. The first-order valence-electron chi connectivity index (χ1n) is 8.84. The van der Waals surface area contributed by atoms with Gasteiger partial charge in [-0.15, -0.1) is 12.4 Å². The number of carbonyl (C=O) groups excluding carboxylic acids is 3. The minimum absolute atomic E-state index is 0. The number of nitrogens with zero attached hydrogens (tertiary/aromatic N) is 2. The van der Waals surface area contributed by atoms with Gasteiger partial charge in [-0.2, -0.15) is 0 Å². The van der Waals surface area contributed by atoms with Gasteiger partial charge >= 0.3 is 0 Å². The molecule has 2 atom stereocenters. The molecule has 7 heteroatoms. The quantitative estimate of drug-likeness (QED) is 0.814. The SMILES string of the molecule is Cc1ccc2c(c1)C(=O)N(C(C)C(=O)N1CCC(C(C)N)CC1)C2=O.Cl. The number of carbonyl (C=O) groups is 3. The average Bonchev–Trinajstić information content (AvgIpc) is 2.84. The van der Waals surface area contributed by atoms with Crippen LogP contribution in [-0.2, 0) is 4.79 Å². The van der Waals surface area contributed by atoms with E-state index in [1.54, 1.807) is 30.0 Å². The van der Waals surface area contributed by atoms with Gasteiger partial charge in [0.2, 0.25) is 5.91 Å². The van der Waals surface area contributed by atoms with E-state index >= 15 is 0 Å². The van der Waals surface area contributed by atoms with Crippen LogP contribution in [0.2, 0.25) is 0 Å². The van der Waals surface area contributed by atoms with Gasteiger partial charge in [-0.05, 0) is 51.7 Å². The summed E-state index contributed by atoms with van der Waals surface area (Å²) in [6.45, 7) is 6.74. The summed E-state index contributed by atoms with van der Waals surface area (Å²) in [6.07, 6.45) is 1.72. The number of fused-ring (bicyclic) bond motifs is 1. The van der Waals surface area contributed by atoms with Crippen molar-refractivity contribution in [2.45, 2.75) is 45.7 Å². The normalized spacial score (nSPS) is 19.8. The zero-order chi connectivity index (χ0) is 18.3. The van der Waals surface area contributed by atoms with Crippen molar-refractivity contribution in [3.63, 3.8) is 0 Å². The van der Waals surface area contributed by atoms with Crippen LogP contribution in [-0.4, -0.2) is 52.7 Å². The molecule has 1 aromatic carbocycles. The molecule has 0 aromatic heterocycles. The summed E-state index contributed by atoms with van der Waals surface area (Å²) in [4.78, 5) is 40.9. The van der Waals surface area contributed by atoms with E-state index in [9.17, 15) is 14.4 Å². The maximum Gasteiger partial charge on any atom is 0.262 e. The summed E-state index contributed by atoms with van der Waals surface area (Å²) in [5.74, 6) is -0.516.